The van der Waals surface area contributed by atoms with Crippen LogP contribution in [0, 0.1) is 28.6 Å². The minimum absolute atomic E-state index is 0.139. The van der Waals surface area contributed by atoms with Gasteiger partial charge in [0.1, 0.15) is 18.1 Å². The summed E-state index contributed by atoms with van der Waals surface area (Å²) in [5.74, 6) is -3.59. The molecule has 4 unspecified atom stereocenters. The average Bonchev–Trinajstić information content (AvgIpc) is 3.51. The van der Waals surface area contributed by atoms with Gasteiger partial charge in [-0.05, 0) is 31.2 Å². The molecule has 3 amide bonds. The fraction of sp³-hybridized carbons (Fsp3) is 0.818. The van der Waals surface area contributed by atoms with Crippen molar-refractivity contribution in [2.24, 2.45) is 17.3 Å². The first-order chi connectivity index (χ1) is 15.2. The Labute approximate surface area is 193 Å². The van der Waals surface area contributed by atoms with E-state index in [4.69, 9.17) is 0 Å². The predicted octanol–water partition coefficient (Wildman–Crippen LogP) is 2.01. The molecule has 0 aromatic rings. The van der Waals surface area contributed by atoms with Crippen LogP contribution in [0.5, 0.6) is 0 Å². The molecule has 0 aromatic carbocycles. The van der Waals surface area contributed by atoms with E-state index < -0.39 is 47.4 Å². The molecule has 1 aliphatic carbocycles. The Morgan fingerprint density at radius 2 is 1.67 bits per heavy atom. The molecule has 1 fully saturated rings. The highest BCUT2D eigenvalue weighted by Gasteiger charge is 2.44. The van der Waals surface area contributed by atoms with Gasteiger partial charge in [-0.25, -0.2) is 0 Å². The molecule has 4 atom stereocenters. The van der Waals surface area contributed by atoms with Crippen LogP contribution in [0.1, 0.15) is 59.8 Å². The van der Waals surface area contributed by atoms with Crippen molar-refractivity contribution in [2.45, 2.75) is 84.1 Å². The van der Waals surface area contributed by atoms with Gasteiger partial charge >= 0.3 is 12.1 Å². The second-order valence-corrected chi connectivity index (χ2v) is 9.73. The normalized spacial score (nSPS) is 17.8. The molecule has 0 bridgehead atoms. The number of nitriles is 1. The summed E-state index contributed by atoms with van der Waals surface area (Å²) in [7, 11) is 1.75. The van der Waals surface area contributed by atoms with Gasteiger partial charge in [0.25, 0.3) is 0 Å². The number of hydrogen-bond acceptors (Lipinski definition) is 5. The molecule has 0 radical (unpaired) electrons. The van der Waals surface area contributed by atoms with Crippen LogP contribution < -0.4 is 21.3 Å². The summed E-state index contributed by atoms with van der Waals surface area (Å²) in [6.45, 7) is 7.03. The van der Waals surface area contributed by atoms with E-state index in [1.165, 1.54) is 20.8 Å². The van der Waals surface area contributed by atoms with Gasteiger partial charge in [-0.2, -0.15) is 18.4 Å². The minimum atomic E-state index is -5.14. The summed E-state index contributed by atoms with van der Waals surface area (Å²) in [5.41, 5.74) is -1.04. The van der Waals surface area contributed by atoms with E-state index in [9.17, 15) is 32.8 Å². The first kappa shape index (κ1) is 28.7. The van der Waals surface area contributed by atoms with Crippen molar-refractivity contribution in [2.75, 3.05) is 13.6 Å². The number of halogens is 3. The van der Waals surface area contributed by atoms with E-state index in [0.29, 0.717) is 19.4 Å². The highest BCUT2D eigenvalue weighted by Crippen LogP contribution is 2.34. The van der Waals surface area contributed by atoms with Crippen LogP contribution in [0.25, 0.3) is 0 Å². The predicted molar refractivity (Wildman–Crippen MR) is 117 cm³/mol. The molecule has 188 valence electrons. The third-order valence-electron chi connectivity index (χ3n) is 5.59. The van der Waals surface area contributed by atoms with Crippen molar-refractivity contribution < 1.29 is 27.6 Å². The quantitative estimate of drug-likeness (QED) is 0.344. The maximum atomic E-state index is 13.0. The number of nitrogens with zero attached hydrogens (tertiary/aromatic N) is 1. The smallest absolute Gasteiger partial charge is 0.342 e. The lowest BCUT2D eigenvalue weighted by molar-refractivity contribution is -0.175. The molecule has 8 nitrogen and oxygen atoms in total. The fourth-order valence-electron chi connectivity index (χ4n) is 3.59. The molecular formula is C22H36F3N5O3. The lowest BCUT2D eigenvalue weighted by Crippen LogP contribution is -2.60. The van der Waals surface area contributed by atoms with Crippen molar-refractivity contribution in [3.8, 4) is 6.07 Å². The molecule has 0 saturated heterocycles. The second-order valence-electron chi connectivity index (χ2n) is 9.73. The van der Waals surface area contributed by atoms with Crippen LogP contribution in [0.15, 0.2) is 0 Å². The molecule has 1 rings (SSSR count). The molecule has 4 N–H and O–H groups in total. The van der Waals surface area contributed by atoms with Gasteiger partial charge in [0.05, 0.1) is 6.07 Å². The second kappa shape index (κ2) is 12.2. The third-order valence-corrected chi connectivity index (χ3v) is 5.59. The minimum Gasteiger partial charge on any atom is -0.342 e. The summed E-state index contributed by atoms with van der Waals surface area (Å²) in [6.07, 6.45) is -1.55. The standard InChI is InChI=1S/C22H36F3N5O3/c1-6-7-14(12-27-5)16(11-26)29-18(31)15(10-13-8-9-13)28-19(32)17(21(2,3)4)30-20(33)22(23,24)25/h13-17,27H,6-10,12H2,1-5H3,(H,28,32)(H,29,31)(H,30,33). The zero-order valence-corrected chi connectivity index (χ0v) is 19.9. The molecule has 0 spiro atoms. The first-order valence-corrected chi connectivity index (χ1v) is 11.3. The van der Waals surface area contributed by atoms with E-state index in [-0.39, 0.29) is 11.8 Å². The van der Waals surface area contributed by atoms with Crippen molar-refractivity contribution in [3.05, 3.63) is 0 Å². The van der Waals surface area contributed by atoms with Crippen molar-refractivity contribution in [3.63, 3.8) is 0 Å². The summed E-state index contributed by atoms with van der Waals surface area (Å²) >= 11 is 0. The average molecular weight is 476 g/mol. The largest absolute Gasteiger partial charge is 0.471 e. The van der Waals surface area contributed by atoms with E-state index >= 15 is 0 Å². The first-order valence-electron chi connectivity index (χ1n) is 11.3. The van der Waals surface area contributed by atoms with Gasteiger partial charge in [0.15, 0.2) is 0 Å². The van der Waals surface area contributed by atoms with Gasteiger partial charge < -0.3 is 21.3 Å². The Balaban J connectivity index is 3.01. The molecule has 1 saturated carbocycles. The van der Waals surface area contributed by atoms with Gasteiger partial charge in [-0.1, -0.05) is 47.0 Å². The number of alkyl halides is 3. The zero-order valence-electron chi connectivity index (χ0n) is 19.9. The van der Waals surface area contributed by atoms with Gasteiger partial charge in [-0.3, -0.25) is 14.4 Å². The van der Waals surface area contributed by atoms with E-state index in [1.54, 1.807) is 12.4 Å². The Bertz CT molecular complexity index is 720. The van der Waals surface area contributed by atoms with Gasteiger partial charge in [-0.15, -0.1) is 0 Å². The van der Waals surface area contributed by atoms with Crippen LogP contribution in [0.2, 0.25) is 0 Å². The monoisotopic (exact) mass is 475 g/mol. The SMILES string of the molecule is CCCC(CNC)C(C#N)NC(=O)C(CC1CC1)NC(=O)C(NC(=O)C(F)(F)F)C(C)(C)C. The van der Waals surface area contributed by atoms with Crippen LogP contribution in [-0.4, -0.2) is 55.6 Å². The summed E-state index contributed by atoms with van der Waals surface area (Å²) < 4.78 is 38.3. The molecular weight excluding hydrogens is 439 g/mol. The highest BCUT2D eigenvalue weighted by atomic mass is 19.4. The number of hydrogen-bond donors (Lipinski definition) is 4. The van der Waals surface area contributed by atoms with Crippen LogP contribution in [0.4, 0.5) is 13.2 Å². The number of carbonyl (C=O) groups is 3. The van der Waals surface area contributed by atoms with Crippen LogP contribution >= 0.6 is 0 Å². The Morgan fingerprint density at radius 1 is 1.06 bits per heavy atom. The topological polar surface area (TPSA) is 123 Å². The van der Waals surface area contributed by atoms with Crippen molar-refractivity contribution in [1.82, 2.24) is 21.3 Å². The fourth-order valence-corrected chi connectivity index (χ4v) is 3.59. The molecule has 0 aromatic heterocycles. The summed E-state index contributed by atoms with van der Waals surface area (Å²) in [4.78, 5) is 37.4. The number of amides is 3. The lowest BCUT2D eigenvalue weighted by Gasteiger charge is -2.32. The Hall–Kier alpha value is -2.35. The van der Waals surface area contributed by atoms with E-state index in [2.05, 4.69) is 22.0 Å². The maximum Gasteiger partial charge on any atom is 0.471 e. The molecule has 11 heteroatoms. The summed E-state index contributed by atoms with van der Waals surface area (Å²) in [6, 6.07) is -1.21. The maximum absolute atomic E-state index is 13.0. The number of carbonyl (C=O) groups excluding carboxylic acids is 3. The van der Waals surface area contributed by atoms with Gasteiger partial charge in [0.2, 0.25) is 11.8 Å². The van der Waals surface area contributed by atoms with Gasteiger partial charge in [0, 0.05) is 12.5 Å². The Kier molecular flexibility index (Phi) is 10.6. The number of rotatable bonds is 12. The van der Waals surface area contributed by atoms with E-state index in [1.807, 2.05) is 6.92 Å². The van der Waals surface area contributed by atoms with Crippen LogP contribution in [-0.2, 0) is 14.4 Å². The lowest BCUT2D eigenvalue weighted by atomic mass is 9.85. The van der Waals surface area contributed by atoms with Crippen molar-refractivity contribution >= 4 is 17.7 Å². The number of nitrogens with one attached hydrogen (secondary N) is 4. The molecule has 1 aliphatic rings. The highest BCUT2D eigenvalue weighted by molar-refractivity contribution is 5.93. The van der Waals surface area contributed by atoms with Crippen molar-refractivity contribution in [1.29, 1.82) is 5.26 Å². The van der Waals surface area contributed by atoms with E-state index in [0.717, 1.165) is 19.3 Å². The molecule has 33 heavy (non-hydrogen) atoms. The molecule has 0 heterocycles. The van der Waals surface area contributed by atoms with Crippen LogP contribution in [0.3, 0.4) is 0 Å². The molecule has 0 aliphatic heterocycles. The zero-order chi connectivity index (χ0) is 25.4. The summed E-state index contributed by atoms with van der Waals surface area (Å²) in [5, 5.41) is 19.6. The Morgan fingerprint density at radius 3 is 2.09 bits per heavy atom. The third kappa shape index (κ3) is 9.58.